The quantitative estimate of drug-likeness (QED) is 0.905. The summed E-state index contributed by atoms with van der Waals surface area (Å²) in [5, 5.41) is 12.4. The number of aryl methyl sites for hydroxylation is 1. The zero-order chi connectivity index (χ0) is 13.1. The van der Waals surface area contributed by atoms with Gasteiger partial charge in [0.15, 0.2) is 0 Å². The lowest BCUT2D eigenvalue weighted by Gasteiger charge is -2.09. The van der Waals surface area contributed by atoms with Gasteiger partial charge >= 0.3 is 0 Å². The Bertz CT molecular complexity index is 534. The summed E-state index contributed by atoms with van der Waals surface area (Å²) in [6.45, 7) is 0.106. The van der Waals surface area contributed by atoms with Gasteiger partial charge < -0.3 is 19.4 Å². The minimum Gasteiger partial charge on any atom is -0.467 e. The summed E-state index contributed by atoms with van der Waals surface area (Å²) in [5.41, 5.74) is 0.522. The van der Waals surface area contributed by atoms with Gasteiger partial charge in [0.2, 0.25) is 0 Å². The van der Waals surface area contributed by atoms with Gasteiger partial charge in [0.1, 0.15) is 17.6 Å². The van der Waals surface area contributed by atoms with E-state index in [0.717, 1.165) is 4.47 Å². The van der Waals surface area contributed by atoms with E-state index in [1.165, 1.54) is 6.26 Å². The molecule has 0 aromatic carbocycles. The van der Waals surface area contributed by atoms with Crippen LogP contribution >= 0.6 is 15.9 Å². The van der Waals surface area contributed by atoms with Crippen LogP contribution in [0.2, 0.25) is 0 Å². The average Bonchev–Trinajstić information content (AvgIpc) is 2.95. The molecule has 96 valence electrons. The monoisotopic (exact) mass is 312 g/mol. The number of hydrogen-bond acceptors (Lipinski definition) is 3. The number of aliphatic hydroxyl groups is 1. The van der Waals surface area contributed by atoms with Gasteiger partial charge in [-0.15, -0.1) is 0 Å². The molecule has 18 heavy (non-hydrogen) atoms. The molecule has 0 fully saturated rings. The van der Waals surface area contributed by atoms with E-state index in [0.29, 0.717) is 11.5 Å². The van der Waals surface area contributed by atoms with E-state index in [1.54, 1.807) is 36.0 Å². The van der Waals surface area contributed by atoms with Gasteiger partial charge in [0.25, 0.3) is 5.91 Å². The SMILES string of the molecule is Cn1cc(Br)cc1C(=O)NCC(O)c1ccco1. The third-order valence-corrected chi connectivity index (χ3v) is 2.97. The van der Waals surface area contributed by atoms with Crippen LogP contribution in [-0.4, -0.2) is 22.1 Å². The second kappa shape index (κ2) is 5.41. The van der Waals surface area contributed by atoms with Gasteiger partial charge in [-0.25, -0.2) is 0 Å². The summed E-state index contributed by atoms with van der Waals surface area (Å²) in [4.78, 5) is 11.9. The Morgan fingerprint density at radius 1 is 1.67 bits per heavy atom. The van der Waals surface area contributed by atoms with Gasteiger partial charge in [-0.2, -0.15) is 0 Å². The van der Waals surface area contributed by atoms with Crippen molar-refractivity contribution in [3.63, 3.8) is 0 Å². The largest absolute Gasteiger partial charge is 0.467 e. The van der Waals surface area contributed by atoms with Crippen LogP contribution in [0.15, 0.2) is 39.5 Å². The summed E-state index contributed by atoms with van der Waals surface area (Å²) in [6.07, 6.45) is 2.43. The number of nitrogens with zero attached hydrogens (tertiary/aromatic N) is 1. The summed E-state index contributed by atoms with van der Waals surface area (Å²) in [7, 11) is 1.78. The highest BCUT2D eigenvalue weighted by atomic mass is 79.9. The molecule has 1 amide bonds. The van der Waals surface area contributed by atoms with Crippen LogP contribution in [0.3, 0.4) is 0 Å². The number of furan rings is 1. The van der Waals surface area contributed by atoms with Crippen molar-refractivity contribution in [3.05, 3.63) is 46.6 Å². The first-order valence-corrected chi connectivity index (χ1v) is 6.18. The number of hydrogen-bond donors (Lipinski definition) is 2. The van der Waals surface area contributed by atoms with Crippen LogP contribution in [0.4, 0.5) is 0 Å². The molecule has 0 radical (unpaired) electrons. The number of amides is 1. The molecule has 0 saturated carbocycles. The van der Waals surface area contributed by atoms with Gasteiger partial charge in [0, 0.05) is 17.7 Å². The molecule has 1 atom stereocenters. The molecule has 6 heteroatoms. The maximum atomic E-state index is 11.9. The number of rotatable bonds is 4. The highest BCUT2D eigenvalue weighted by Gasteiger charge is 2.15. The lowest BCUT2D eigenvalue weighted by atomic mass is 10.2. The van der Waals surface area contributed by atoms with E-state index >= 15 is 0 Å². The normalized spacial score (nSPS) is 12.4. The lowest BCUT2D eigenvalue weighted by Crippen LogP contribution is -2.29. The van der Waals surface area contributed by atoms with Crippen LogP contribution in [0, 0.1) is 0 Å². The topological polar surface area (TPSA) is 67.4 Å². The molecule has 0 aliphatic rings. The maximum absolute atomic E-state index is 11.9. The smallest absolute Gasteiger partial charge is 0.268 e. The summed E-state index contributed by atoms with van der Waals surface area (Å²) in [5.74, 6) is 0.192. The molecule has 0 spiro atoms. The van der Waals surface area contributed by atoms with Crippen molar-refractivity contribution in [1.82, 2.24) is 9.88 Å². The highest BCUT2D eigenvalue weighted by Crippen LogP contribution is 2.14. The number of carbonyl (C=O) groups is 1. The first-order valence-electron chi connectivity index (χ1n) is 5.39. The Labute approximate surface area is 113 Å². The number of halogens is 1. The van der Waals surface area contributed by atoms with Crippen molar-refractivity contribution in [1.29, 1.82) is 0 Å². The van der Waals surface area contributed by atoms with Crippen LogP contribution in [0.25, 0.3) is 0 Å². The number of nitrogens with one attached hydrogen (secondary N) is 1. The minimum atomic E-state index is -0.840. The lowest BCUT2D eigenvalue weighted by molar-refractivity contribution is 0.0893. The zero-order valence-corrected chi connectivity index (χ0v) is 11.3. The minimum absolute atomic E-state index is 0.106. The second-order valence-electron chi connectivity index (χ2n) is 3.90. The Morgan fingerprint density at radius 3 is 3.00 bits per heavy atom. The molecule has 2 rings (SSSR count). The third kappa shape index (κ3) is 2.83. The van der Waals surface area contributed by atoms with Crippen LogP contribution < -0.4 is 5.32 Å². The fraction of sp³-hybridized carbons (Fsp3) is 0.250. The average molecular weight is 313 g/mol. The van der Waals surface area contributed by atoms with E-state index in [-0.39, 0.29) is 12.5 Å². The molecule has 5 nitrogen and oxygen atoms in total. The van der Waals surface area contributed by atoms with Crippen molar-refractivity contribution >= 4 is 21.8 Å². The van der Waals surface area contributed by atoms with E-state index in [4.69, 9.17) is 4.42 Å². The van der Waals surface area contributed by atoms with Crippen LogP contribution in [0.1, 0.15) is 22.4 Å². The van der Waals surface area contributed by atoms with Crippen LogP contribution in [0.5, 0.6) is 0 Å². The fourth-order valence-electron chi connectivity index (χ4n) is 1.61. The molecular weight excluding hydrogens is 300 g/mol. The van der Waals surface area contributed by atoms with Crippen molar-refractivity contribution in [3.8, 4) is 0 Å². The van der Waals surface area contributed by atoms with Crippen molar-refractivity contribution < 1.29 is 14.3 Å². The third-order valence-electron chi connectivity index (χ3n) is 2.53. The van der Waals surface area contributed by atoms with E-state index in [1.807, 2.05) is 0 Å². The molecule has 2 heterocycles. The Kier molecular flexibility index (Phi) is 3.88. The predicted molar refractivity (Wildman–Crippen MR) is 69.1 cm³/mol. The van der Waals surface area contributed by atoms with Gasteiger partial charge in [-0.05, 0) is 34.1 Å². The summed E-state index contributed by atoms with van der Waals surface area (Å²) in [6, 6.07) is 5.07. The predicted octanol–water partition coefficient (Wildman–Crippen LogP) is 1.84. The number of aliphatic hydroxyl groups excluding tert-OH is 1. The number of carbonyl (C=O) groups excluding carboxylic acids is 1. The Morgan fingerprint density at radius 2 is 2.44 bits per heavy atom. The van der Waals surface area contributed by atoms with Crippen LogP contribution in [-0.2, 0) is 7.05 Å². The zero-order valence-electron chi connectivity index (χ0n) is 9.76. The summed E-state index contributed by atoms with van der Waals surface area (Å²) < 4.78 is 7.59. The molecule has 0 saturated heterocycles. The van der Waals surface area contributed by atoms with Gasteiger partial charge in [-0.3, -0.25) is 4.79 Å². The van der Waals surface area contributed by atoms with Gasteiger partial charge in [-0.1, -0.05) is 0 Å². The van der Waals surface area contributed by atoms with Crippen molar-refractivity contribution in [2.24, 2.45) is 7.05 Å². The fourth-order valence-corrected chi connectivity index (χ4v) is 2.14. The molecule has 0 aliphatic heterocycles. The van der Waals surface area contributed by atoms with E-state index < -0.39 is 6.10 Å². The molecule has 2 aromatic heterocycles. The summed E-state index contributed by atoms with van der Waals surface area (Å²) >= 11 is 3.30. The van der Waals surface area contributed by atoms with E-state index in [2.05, 4.69) is 21.2 Å². The van der Waals surface area contributed by atoms with Crippen molar-refractivity contribution in [2.75, 3.05) is 6.54 Å². The molecular formula is C12H13BrN2O3. The van der Waals surface area contributed by atoms with Gasteiger partial charge in [0.05, 0.1) is 12.8 Å². The first-order chi connectivity index (χ1) is 8.58. The molecule has 2 N–H and O–H groups in total. The Hall–Kier alpha value is -1.53. The molecule has 0 bridgehead atoms. The first kappa shape index (κ1) is 12.9. The molecule has 1 unspecified atom stereocenters. The molecule has 0 aliphatic carbocycles. The maximum Gasteiger partial charge on any atom is 0.268 e. The Balaban J connectivity index is 1.94. The highest BCUT2D eigenvalue weighted by molar-refractivity contribution is 9.10. The molecule has 2 aromatic rings. The number of aromatic nitrogens is 1. The second-order valence-corrected chi connectivity index (χ2v) is 4.81. The standard InChI is InChI=1S/C12H13BrN2O3/c1-15-7-8(13)5-9(15)12(17)14-6-10(16)11-3-2-4-18-11/h2-5,7,10,16H,6H2,1H3,(H,14,17). The van der Waals surface area contributed by atoms with E-state index in [9.17, 15) is 9.90 Å². The van der Waals surface area contributed by atoms with Crippen molar-refractivity contribution in [2.45, 2.75) is 6.10 Å².